The normalized spacial score (nSPS) is 13.1. The van der Waals surface area contributed by atoms with Crippen LogP contribution in [0.5, 0.6) is 5.75 Å². The van der Waals surface area contributed by atoms with Gasteiger partial charge in [0.2, 0.25) is 17.7 Å². The lowest BCUT2D eigenvalue weighted by Gasteiger charge is -2.34. The molecule has 0 spiro atoms. The summed E-state index contributed by atoms with van der Waals surface area (Å²) in [5.74, 6) is -2.19. The topological polar surface area (TPSA) is 151 Å². The monoisotopic (exact) mass is 464 g/mol. The minimum atomic E-state index is -1.36. The van der Waals surface area contributed by atoms with Crippen LogP contribution >= 0.6 is 0 Å². The molecule has 0 heterocycles. The zero-order valence-electron chi connectivity index (χ0n) is 20.2. The lowest BCUT2D eigenvalue weighted by molar-refractivity contribution is -0.143. The van der Waals surface area contributed by atoms with Gasteiger partial charge in [-0.15, -0.1) is 0 Å². The number of phenols is 1. The minimum Gasteiger partial charge on any atom is -0.508 e. The highest BCUT2D eigenvalue weighted by Crippen LogP contribution is 2.30. The third-order valence-electron chi connectivity index (χ3n) is 4.36. The van der Waals surface area contributed by atoms with Crippen molar-refractivity contribution in [1.29, 1.82) is 0 Å². The highest BCUT2D eigenvalue weighted by atomic mass is 16.6. The number of carbonyl (C=O) groups excluding carboxylic acids is 4. The first-order chi connectivity index (χ1) is 15.3. The number of hydrogen-bond acceptors (Lipinski definition) is 6. The zero-order valence-corrected chi connectivity index (χ0v) is 20.2. The second kappa shape index (κ2) is 12.1. The Morgan fingerprint density at radius 2 is 1.73 bits per heavy atom. The maximum absolute atomic E-state index is 13.6. The summed E-state index contributed by atoms with van der Waals surface area (Å²) >= 11 is 0. The summed E-state index contributed by atoms with van der Waals surface area (Å²) in [7, 11) is 0. The molecule has 0 radical (unpaired) electrons. The SMILES string of the molecule is CCCN(C(=O)C(CC(N)=O)NC(=O)OC(C)(C)C)C(C(=O)NC(C)C)c1ccccc1O. The van der Waals surface area contributed by atoms with Gasteiger partial charge in [-0.2, -0.15) is 0 Å². The van der Waals surface area contributed by atoms with Crippen LogP contribution < -0.4 is 16.4 Å². The van der Waals surface area contributed by atoms with Gasteiger partial charge in [0.1, 0.15) is 23.4 Å². The van der Waals surface area contributed by atoms with Crippen LogP contribution in [0.2, 0.25) is 0 Å². The fourth-order valence-electron chi connectivity index (χ4n) is 3.19. The number of nitrogens with one attached hydrogen (secondary N) is 2. The molecule has 184 valence electrons. The lowest BCUT2D eigenvalue weighted by atomic mass is 10.0. The van der Waals surface area contributed by atoms with E-state index in [1.807, 2.05) is 6.92 Å². The Kier molecular flexibility index (Phi) is 10.2. The van der Waals surface area contributed by atoms with Gasteiger partial charge in [0.15, 0.2) is 0 Å². The summed E-state index contributed by atoms with van der Waals surface area (Å²) < 4.78 is 5.21. The quantitative estimate of drug-likeness (QED) is 0.415. The summed E-state index contributed by atoms with van der Waals surface area (Å²) in [6.45, 7) is 10.4. The first-order valence-electron chi connectivity index (χ1n) is 10.9. The second-order valence-electron chi connectivity index (χ2n) is 9.03. The number of benzene rings is 1. The standard InChI is InChI=1S/C23H36N4O6/c1-7-12-27(19(20(30)25-14(2)3)15-10-8-9-11-17(15)28)21(31)16(13-18(24)29)26-22(32)33-23(4,5)6/h8-11,14,16,19,28H,7,12-13H2,1-6H3,(H2,24,29)(H,25,30)(H,26,32). The van der Waals surface area contributed by atoms with Crippen molar-refractivity contribution in [3.63, 3.8) is 0 Å². The first kappa shape index (κ1) is 27.7. The van der Waals surface area contributed by atoms with E-state index in [0.29, 0.717) is 6.42 Å². The van der Waals surface area contributed by atoms with Crippen LogP contribution in [0, 0.1) is 0 Å². The van der Waals surface area contributed by atoms with E-state index in [0.717, 1.165) is 0 Å². The maximum atomic E-state index is 13.6. The fraction of sp³-hybridized carbons (Fsp3) is 0.565. The molecule has 1 rings (SSSR count). The average Bonchev–Trinajstić information content (AvgIpc) is 2.65. The Morgan fingerprint density at radius 1 is 1.12 bits per heavy atom. The molecule has 2 atom stereocenters. The summed E-state index contributed by atoms with van der Waals surface area (Å²) in [6, 6.07) is 3.41. The Morgan fingerprint density at radius 3 is 2.21 bits per heavy atom. The largest absolute Gasteiger partial charge is 0.508 e. The van der Waals surface area contributed by atoms with Gasteiger partial charge in [0.05, 0.1) is 6.42 Å². The number of nitrogens with two attached hydrogens (primary N) is 1. The molecule has 2 unspecified atom stereocenters. The number of rotatable bonds is 10. The van der Waals surface area contributed by atoms with Crippen molar-refractivity contribution in [1.82, 2.24) is 15.5 Å². The van der Waals surface area contributed by atoms with Crippen molar-refractivity contribution in [2.75, 3.05) is 6.54 Å². The van der Waals surface area contributed by atoms with Crippen molar-refractivity contribution in [2.24, 2.45) is 5.73 Å². The van der Waals surface area contributed by atoms with Crippen molar-refractivity contribution < 1.29 is 29.0 Å². The predicted octanol–water partition coefficient (Wildman–Crippen LogP) is 1.97. The first-order valence-corrected chi connectivity index (χ1v) is 10.9. The molecule has 0 aliphatic rings. The fourth-order valence-corrected chi connectivity index (χ4v) is 3.19. The molecule has 0 fully saturated rings. The van der Waals surface area contributed by atoms with Crippen LogP contribution in [-0.4, -0.2) is 58.1 Å². The molecule has 10 nitrogen and oxygen atoms in total. The van der Waals surface area contributed by atoms with Crippen LogP contribution in [0.25, 0.3) is 0 Å². The number of carbonyl (C=O) groups is 4. The molecule has 0 aromatic heterocycles. The number of amides is 4. The molecule has 1 aromatic rings. The third-order valence-corrected chi connectivity index (χ3v) is 4.36. The van der Waals surface area contributed by atoms with E-state index in [4.69, 9.17) is 10.5 Å². The molecule has 33 heavy (non-hydrogen) atoms. The van der Waals surface area contributed by atoms with E-state index in [1.165, 1.54) is 11.0 Å². The Balaban J connectivity index is 3.44. The molecule has 4 amide bonds. The number of primary amides is 1. The van der Waals surface area contributed by atoms with Crippen LogP contribution in [0.3, 0.4) is 0 Å². The van der Waals surface area contributed by atoms with E-state index in [1.54, 1.807) is 52.8 Å². The van der Waals surface area contributed by atoms with Crippen LogP contribution in [0.15, 0.2) is 24.3 Å². The van der Waals surface area contributed by atoms with Gasteiger partial charge in [0.25, 0.3) is 0 Å². The van der Waals surface area contributed by atoms with Crippen LogP contribution in [0.4, 0.5) is 4.79 Å². The predicted molar refractivity (Wildman–Crippen MR) is 123 cm³/mol. The molecule has 1 aromatic carbocycles. The Hall–Kier alpha value is -3.30. The number of alkyl carbamates (subject to hydrolysis) is 1. The second-order valence-corrected chi connectivity index (χ2v) is 9.03. The number of para-hydroxylation sites is 1. The van der Waals surface area contributed by atoms with Gasteiger partial charge in [-0.1, -0.05) is 25.1 Å². The Labute approximate surface area is 194 Å². The molecular formula is C23H36N4O6. The summed E-state index contributed by atoms with van der Waals surface area (Å²) in [5.41, 5.74) is 4.71. The van der Waals surface area contributed by atoms with Gasteiger partial charge < -0.3 is 31.1 Å². The van der Waals surface area contributed by atoms with Crippen LogP contribution in [0.1, 0.15) is 66.0 Å². The number of ether oxygens (including phenoxy) is 1. The van der Waals surface area contributed by atoms with Crippen molar-refractivity contribution >= 4 is 23.8 Å². The van der Waals surface area contributed by atoms with E-state index in [2.05, 4.69) is 10.6 Å². The molecule has 5 N–H and O–H groups in total. The third kappa shape index (κ3) is 8.99. The highest BCUT2D eigenvalue weighted by Gasteiger charge is 2.37. The minimum absolute atomic E-state index is 0.120. The van der Waals surface area contributed by atoms with Crippen molar-refractivity contribution in [3.05, 3.63) is 29.8 Å². The molecule has 0 aliphatic carbocycles. The molecule has 0 saturated heterocycles. The van der Waals surface area contributed by atoms with E-state index < -0.39 is 47.9 Å². The molecule has 0 bridgehead atoms. The summed E-state index contributed by atoms with van der Waals surface area (Å²) in [4.78, 5) is 52.0. The zero-order chi connectivity index (χ0) is 25.3. The number of aromatic hydroxyl groups is 1. The molecular weight excluding hydrogens is 428 g/mol. The Bertz CT molecular complexity index is 850. The van der Waals surface area contributed by atoms with Gasteiger partial charge in [0, 0.05) is 18.2 Å². The van der Waals surface area contributed by atoms with Gasteiger partial charge in [-0.3, -0.25) is 14.4 Å². The van der Waals surface area contributed by atoms with Crippen molar-refractivity contribution in [2.45, 2.75) is 78.1 Å². The number of hydrogen-bond donors (Lipinski definition) is 4. The molecule has 0 saturated carbocycles. The highest BCUT2D eigenvalue weighted by molar-refractivity contribution is 5.94. The average molecular weight is 465 g/mol. The summed E-state index contributed by atoms with van der Waals surface area (Å²) in [6.07, 6.45) is -0.915. The van der Waals surface area contributed by atoms with Gasteiger partial charge in [-0.05, 0) is 47.1 Å². The number of phenolic OH excluding ortho intramolecular Hbond substituents is 1. The number of nitrogens with zero attached hydrogens (tertiary/aromatic N) is 1. The van der Waals surface area contributed by atoms with Crippen LogP contribution in [-0.2, 0) is 19.1 Å². The van der Waals surface area contributed by atoms with Gasteiger partial charge in [-0.25, -0.2) is 4.79 Å². The van der Waals surface area contributed by atoms with E-state index in [-0.39, 0.29) is 23.9 Å². The smallest absolute Gasteiger partial charge is 0.408 e. The lowest BCUT2D eigenvalue weighted by Crippen LogP contribution is -2.54. The van der Waals surface area contributed by atoms with Crippen molar-refractivity contribution in [3.8, 4) is 5.75 Å². The maximum Gasteiger partial charge on any atom is 0.408 e. The van der Waals surface area contributed by atoms with Gasteiger partial charge >= 0.3 is 6.09 Å². The van der Waals surface area contributed by atoms with E-state index in [9.17, 15) is 24.3 Å². The summed E-state index contributed by atoms with van der Waals surface area (Å²) in [5, 5.41) is 15.6. The van der Waals surface area contributed by atoms with E-state index >= 15 is 0 Å². The molecule has 10 heteroatoms. The molecule has 0 aliphatic heterocycles.